The highest BCUT2D eigenvalue weighted by molar-refractivity contribution is 14.1. The Morgan fingerprint density at radius 1 is 1.47 bits per heavy atom. The highest BCUT2D eigenvalue weighted by Gasteiger charge is 2.46. The van der Waals surface area contributed by atoms with Gasteiger partial charge in [-0.25, -0.2) is 8.42 Å². The molecule has 17 heavy (non-hydrogen) atoms. The van der Waals surface area contributed by atoms with Crippen molar-refractivity contribution in [3.8, 4) is 0 Å². The summed E-state index contributed by atoms with van der Waals surface area (Å²) in [5.74, 6) is -0.109. The molecule has 0 saturated heterocycles. The predicted molar refractivity (Wildman–Crippen MR) is 78.2 cm³/mol. The lowest BCUT2D eigenvalue weighted by molar-refractivity contribution is 0.187. The number of rotatable bonds is 4. The summed E-state index contributed by atoms with van der Waals surface area (Å²) in [6.45, 7) is 3.32. The van der Waals surface area contributed by atoms with Gasteiger partial charge in [0.25, 0.3) is 0 Å². The monoisotopic (exact) mass is 388 g/mol. The van der Waals surface area contributed by atoms with E-state index >= 15 is 0 Å². The number of alkyl halides is 2. The van der Waals surface area contributed by atoms with Crippen LogP contribution in [0, 0.1) is 6.92 Å². The molecule has 0 spiro atoms. The average Bonchev–Trinajstić information content (AvgIpc) is 2.28. The van der Waals surface area contributed by atoms with Crippen molar-refractivity contribution in [3.63, 3.8) is 0 Å². The van der Waals surface area contributed by atoms with Gasteiger partial charge in [0.1, 0.15) is 6.10 Å². The number of sulfone groups is 1. The lowest BCUT2D eigenvalue weighted by atomic mass is 10.0. The maximum atomic E-state index is 11.8. The zero-order chi connectivity index (χ0) is 13.3. The van der Waals surface area contributed by atoms with E-state index in [1.54, 1.807) is 47.7 Å². The molecule has 1 rings (SSSR count). The second-order valence-corrected chi connectivity index (χ2v) is 10.1. The number of aryl methyl sites for hydroxylation is 1. The Hall–Kier alpha value is 0.150. The molecule has 0 amide bonds. The van der Waals surface area contributed by atoms with Gasteiger partial charge in [-0.1, -0.05) is 42.8 Å². The van der Waals surface area contributed by atoms with Gasteiger partial charge >= 0.3 is 0 Å². The van der Waals surface area contributed by atoms with Crippen LogP contribution >= 0.6 is 34.2 Å². The summed E-state index contributed by atoms with van der Waals surface area (Å²) in [4.78, 5) is 0. The minimum Gasteiger partial charge on any atom is -0.385 e. The molecular formula is C11H14ClIO3S. The van der Waals surface area contributed by atoms with Crippen LogP contribution in [-0.2, 0) is 9.84 Å². The van der Waals surface area contributed by atoms with Crippen LogP contribution in [0.1, 0.15) is 24.2 Å². The van der Waals surface area contributed by atoms with E-state index in [1.807, 2.05) is 6.07 Å². The molecule has 0 unspecified atom stereocenters. The molecule has 0 aromatic heterocycles. The maximum absolute atomic E-state index is 11.8. The van der Waals surface area contributed by atoms with Crippen molar-refractivity contribution >= 4 is 44.0 Å². The first-order valence-electron chi connectivity index (χ1n) is 5.07. The number of hydrogen-bond acceptors (Lipinski definition) is 3. The second-order valence-electron chi connectivity index (χ2n) is 3.72. The topological polar surface area (TPSA) is 54.4 Å². The van der Waals surface area contributed by atoms with Crippen LogP contribution in [0.2, 0.25) is 0 Å². The molecule has 2 atom stereocenters. The summed E-state index contributed by atoms with van der Waals surface area (Å²) < 4.78 is 22.0. The Kier molecular flexibility index (Phi) is 4.85. The Labute approximate surface area is 120 Å². The molecule has 3 nitrogen and oxygen atoms in total. The van der Waals surface area contributed by atoms with Crippen molar-refractivity contribution in [1.82, 2.24) is 0 Å². The number of aliphatic hydroxyl groups excluding tert-OH is 1. The van der Waals surface area contributed by atoms with Crippen LogP contribution in [0.3, 0.4) is 0 Å². The zero-order valence-corrected chi connectivity index (χ0v) is 13.3. The van der Waals surface area contributed by atoms with E-state index in [-0.39, 0.29) is 5.75 Å². The first kappa shape index (κ1) is 15.2. The van der Waals surface area contributed by atoms with Crippen molar-refractivity contribution in [2.24, 2.45) is 0 Å². The van der Waals surface area contributed by atoms with Crippen LogP contribution in [-0.4, -0.2) is 21.5 Å². The molecule has 6 heteroatoms. The summed E-state index contributed by atoms with van der Waals surface area (Å²) in [6, 6.07) is 7.05. The van der Waals surface area contributed by atoms with Gasteiger partial charge in [-0.05, 0) is 40.6 Å². The molecule has 96 valence electrons. The lowest BCUT2D eigenvalue weighted by Gasteiger charge is -2.26. The van der Waals surface area contributed by atoms with E-state index in [1.165, 1.54) is 6.92 Å². The molecule has 1 aromatic carbocycles. The Morgan fingerprint density at radius 2 is 2.00 bits per heavy atom. The fourth-order valence-corrected chi connectivity index (χ4v) is 4.00. The fourth-order valence-electron chi connectivity index (χ4n) is 1.44. The van der Waals surface area contributed by atoms with E-state index in [4.69, 9.17) is 11.6 Å². The molecule has 0 aliphatic rings. The largest absolute Gasteiger partial charge is 0.385 e. The molecule has 0 heterocycles. The normalized spacial score (nSPS) is 17.5. The van der Waals surface area contributed by atoms with E-state index in [0.29, 0.717) is 5.56 Å². The maximum Gasteiger partial charge on any atom is 0.225 e. The standard InChI is InChI=1S/C11H14ClIO3S/c1-3-17(15,16)11(12,13)10(14)9-7-5-4-6-8(9)2/h4-7,10,14H,3H2,1-2H3/t10-,11+/m1/s1. The van der Waals surface area contributed by atoms with E-state index in [0.717, 1.165) is 5.56 Å². The van der Waals surface area contributed by atoms with Crippen molar-refractivity contribution in [2.75, 3.05) is 5.75 Å². The van der Waals surface area contributed by atoms with Gasteiger partial charge in [-0.2, -0.15) is 0 Å². The fraction of sp³-hybridized carbons (Fsp3) is 0.455. The Bertz CT molecular complexity index is 499. The van der Waals surface area contributed by atoms with Gasteiger partial charge in [-0.15, -0.1) is 0 Å². The summed E-state index contributed by atoms with van der Waals surface area (Å²) in [5, 5.41) is 10.2. The van der Waals surface area contributed by atoms with Crippen molar-refractivity contribution in [2.45, 2.75) is 22.2 Å². The number of aliphatic hydroxyl groups is 1. The first-order chi connectivity index (χ1) is 7.74. The molecule has 0 radical (unpaired) electrons. The van der Waals surface area contributed by atoms with Crippen molar-refractivity contribution in [3.05, 3.63) is 35.4 Å². The van der Waals surface area contributed by atoms with Crippen molar-refractivity contribution < 1.29 is 13.5 Å². The molecular weight excluding hydrogens is 375 g/mol. The second kappa shape index (κ2) is 5.42. The minimum atomic E-state index is -3.56. The van der Waals surface area contributed by atoms with Gasteiger partial charge in [0.05, 0.1) is 5.75 Å². The first-order valence-corrected chi connectivity index (χ1v) is 8.18. The van der Waals surface area contributed by atoms with Crippen LogP contribution in [0.15, 0.2) is 24.3 Å². The number of hydrogen-bond donors (Lipinski definition) is 1. The average molecular weight is 389 g/mol. The quantitative estimate of drug-likeness (QED) is 0.637. The summed E-state index contributed by atoms with van der Waals surface area (Å²) in [5.41, 5.74) is 1.35. The molecule has 0 fully saturated rings. The highest BCUT2D eigenvalue weighted by Crippen LogP contribution is 2.44. The van der Waals surface area contributed by atoms with E-state index in [2.05, 4.69) is 0 Å². The Balaban J connectivity index is 3.23. The van der Waals surface area contributed by atoms with Gasteiger partial charge in [-0.3, -0.25) is 0 Å². The van der Waals surface area contributed by atoms with E-state index in [9.17, 15) is 13.5 Å². The van der Waals surface area contributed by atoms with Crippen LogP contribution in [0.4, 0.5) is 0 Å². The summed E-state index contributed by atoms with van der Waals surface area (Å²) >= 11 is 7.63. The third-order valence-corrected chi connectivity index (χ3v) is 7.92. The Morgan fingerprint density at radius 3 is 2.47 bits per heavy atom. The summed E-state index contributed by atoms with van der Waals surface area (Å²) in [6.07, 6.45) is -1.25. The highest BCUT2D eigenvalue weighted by atomic mass is 127. The molecule has 0 aliphatic heterocycles. The van der Waals surface area contributed by atoms with Crippen LogP contribution in [0.25, 0.3) is 0 Å². The molecule has 0 aliphatic carbocycles. The van der Waals surface area contributed by atoms with Gasteiger partial charge in [0.15, 0.2) is 9.84 Å². The van der Waals surface area contributed by atoms with Crippen molar-refractivity contribution in [1.29, 1.82) is 0 Å². The van der Waals surface area contributed by atoms with Gasteiger partial charge in [0.2, 0.25) is 2.21 Å². The third kappa shape index (κ3) is 2.94. The van der Waals surface area contributed by atoms with Gasteiger partial charge < -0.3 is 5.11 Å². The van der Waals surface area contributed by atoms with Gasteiger partial charge in [0, 0.05) is 0 Å². The number of halogens is 2. The third-order valence-electron chi connectivity index (χ3n) is 2.60. The summed E-state index contributed by atoms with van der Waals surface area (Å²) in [7, 11) is -3.56. The molecule has 1 N–H and O–H groups in total. The molecule has 0 saturated carbocycles. The smallest absolute Gasteiger partial charge is 0.225 e. The molecule has 0 bridgehead atoms. The number of benzene rings is 1. The zero-order valence-electron chi connectivity index (χ0n) is 9.52. The van der Waals surface area contributed by atoms with E-state index < -0.39 is 18.2 Å². The lowest BCUT2D eigenvalue weighted by Crippen LogP contribution is -2.34. The predicted octanol–water partition coefficient (Wildman–Crippen LogP) is 2.79. The minimum absolute atomic E-state index is 0.109. The SMILES string of the molecule is CCS(=O)(=O)[C@@](Cl)(I)[C@H](O)c1ccccc1C. The van der Waals surface area contributed by atoms with Crippen LogP contribution < -0.4 is 0 Å². The molecule has 1 aromatic rings. The van der Waals surface area contributed by atoms with Crippen LogP contribution in [0.5, 0.6) is 0 Å².